The third-order valence-corrected chi connectivity index (χ3v) is 8.26. The van der Waals surface area contributed by atoms with E-state index in [4.69, 9.17) is 8.57 Å². The van der Waals surface area contributed by atoms with Crippen LogP contribution in [0.3, 0.4) is 0 Å². The van der Waals surface area contributed by atoms with Crippen LogP contribution >= 0.6 is 0 Å². The molecule has 6 aliphatic rings. The average molecular weight is 484 g/mol. The van der Waals surface area contributed by atoms with Crippen LogP contribution in [0.15, 0.2) is 0 Å². The zero-order valence-corrected chi connectivity index (χ0v) is 18.4. The number of hydrogen-bond donors (Lipinski definition) is 2. The zero-order valence-electron chi connectivity index (χ0n) is 17.6. The van der Waals surface area contributed by atoms with Gasteiger partial charge in [0.1, 0.15) is 12.1 Å². The number of amides is 6. The van der Waals surface area contributed by atoms with Crippen LogP contribution in [0.4, 0.5) is 9.59 Å². The molecule has 0 spiro atoms. The first-order chi connectivity index (χ1) is 15.7. The Morgan fingerprint density at radius 3 is 1.58 bits per heavy atom. The quantitative estimate of drug-likeness (QED) is 0.469. The standard InChI is InChI=1S/C18H24N6O8S/c25-15-13-9(1-3-19-15)5-11-7-21(13)17(27)23(11)31-33(29,30)32-24-12-6-10-2-4-20-16(26)14(10)22(8-12)18(24)28/h9-14H,1-8H2,(H,19,25)(H,20,26)/t9-,10-,11-,12-,13+,14+/m1/s1. The van der Waals surface area contributed by atoms with E-state index in [9.17, 15) is 27.6 Å². The van der Waals surface area contributed by atoms with E-state index >= 15 is 0 Å². The van der Waals surface area contributed by atoms with Gasteiger partial charge >= 0.3 is 22.5 Å². The fourth-order valence-electron chi connectivity index (χ4n) is 6.22. The molecular formula is C18H24N6O8S. The Morgan fingerprint density at radius 1 is 0.727 bits per heavy atom. The Labute approximate surface area is 189 Å². The van der Waals surface area contributed by atoms with Gasteiger partial charge in [0.2, 0.25) is 11.8 Å². The summed E-state index contributed by atoms with van der Waals surface area (Å²) in [6, 6.07) is -3.86. The van der Waals surface area contributed by atoms with E-state index in [0.29, 0.717) is 38.8 Å². The van der Waals surface area contributed by atoms with E-state index in [-0.39, 0.29) is 36.7 Å². The average Bonchev–Trinajstić information content (AvgIpc) is 3.14. The molecule has 0 saturated carbocycles. The van der Waals surface area contributed by atoms with E-state index in [1.165, 1.54) is 9.80 Å². The number of rotatable bonds is 4. The number of hydrogen-bond acceptors (Lipinski definition) is 8. The van der Waals surface area contributed by atoms with Crippen molar-refractivity contribution in [2.24, 2.45) is 11.8 Å². The second-order valence-corrected chi connectivity index (χ2v) is 10.5. The topological polar surface area (TPSA) is 158 Å². The normalized spacial score (nSPS) is 37.7. The molecule has 0 aromatic rings. The molecule has 6 aliphatic heterocycles. The van der Waals surface area contributed by atoms with Crippen molar-refractivity contribution in [2.45, 2.75) is 49.9 Å². The maximum atomic E-state index is 12.8. The smallest absolute Gasteiger partial charge is 0.354 e. The molecule has 6 amide bonds. The van der Waals surface area contributed by atoms with Crippen molar-refractivity contribution in [3.63, 3.8) is 0 Å². The monoisotopic (exact) mass is 484 g/mol. The van der Waals surface area contributed by atoms with Gasteiger partial charge < -0.3 is 20.4 Å². The first-order valence-corrected chi connectivity index (χ1v) is 12.5. The summed E-state index contributed by atoms with van der Waals surface area (Å²) in [7, 11) is -4.83. The van der Waals surface area contributed by atoms with Gasteiger partial charge in [-0.15, -0.1) is 8.57 Å². The highest BCUT2D eigenvalue weighted by atomic mass is 32.3. The van der Waals surface area contributed by atoms with Crippen molar-refractivity contribution >= 4 is 34.3 Å². The lowest BCUT2D eigenvalue weighted by molar-refractivity contribution is -0.131. The van der Waals surface area contributed by atoms with Crippen molar-refractivity contribution in [2.75, 3.05) is 26.2 Å². The summed E-state index contributed by atoms with van der Waals surface area (Å²) in [6.07, 6.45) is 2.22. The van der Waals surface area contributed by atoms with Crippen LogP contribution in [-0.2, 0) is 28.6 Å². The highest BCUT2D eigenvalue weighted by molar-refractivity contribution is 7.81. The summed E-state index contributed by atoms with van der Waals surface area (Å²) in [6.45, 7) is 1.35. The van der Waals surface area contributed by atoms with Crippen LogP contribution in [0.25, 0.3) is 0 Å². The number of piperidine rings is 4. The van der Waals surface area contributed by atoms with Gasteiger partial charge in [-0.2, -0.15) is 18.5 Å². The van der Waals surface area contributed by atoms with Crippen molar-refractivity contribution in [3.8, 4) is 0 Å². The maximum absolute atomic E-state index is 12.8. The molecule has 6 heterocycles. The van der Waals surface area contributed by atoms with E-state index < -0.39 is 46.6 Å². The summed E-state index contributed by atoms with van der Waals surface area (Å²) < 4.78 is 35.5. The predicted octanol–water partition coefficient (Wildman–Crippen LogP) is -1.88. The van der Waals surface area contributed by atoms with Gasteiger partial charge in [0.25, 0.3) is 0 Å². The van der Waals surface area contributed by atoms with Crippen LogP contribution in [0.5, 0.6) is 0 Å². The molecule has 15 heteroatoms. The van der Waals surface area contributed by atoms with Crippen LogP contribution in [0, 0.1) is 11.8 Å². The number of fused-ring (bicyclic) bond motifs is 8. The number of urea groups is 2. The lowest BCUT2D eigenvalue weighted by Crippen LogP contribution is -2.58. The third kappa shape index (κ3) is 3.16. The lowest BCUT2D eigenvalue weighted by atomic mass is 9.83. The SMILES string of the molecule is O=C1NCC[C@@H]2C[C@@H]3CN(C(=O)N3OS(=O)(=O)ON3C(=O)N4C[C@H]3C[C@H]3CCNC(=O)[C@H]34)[C@H]12. The van der Waals surface area contributed by atoms with Gasteiger partial charge in [-0.25, -0.2) is 9.59 Å². The van der Waals surface area contributed by atoms with Gasteiger partial charge in [-0.3, -0.25) is 9.59 Å². The molecule has 2 N–H and O–H groups in total. The molecule has 6 fully saturated rings. The lowest BCUT2D eigenvalue weighted by Gasteiger charge is -2.39. The summed E-state index contributed by atoms with van der Waals surface area (Å²) in [5.41, 5.74) is 0. The molecule has 6 saturated heterocycles. The predicted molar refractivity (Wildman–Crippen MR) is 106 cm³/mol. The molecule has 4 bridgehead atoms. The Morgan fingerprint density at radius 2 is 1.15 bits per heavy atom. The molecule has 33 heavy (non-hydrogen) atoms. The molecule has 0 radical (unpaired) electrons. The maximum Gasteiger partial charge on any atom is 0.442 e. The molecule has 0 aromatic carbocycles. The van der Waals surface area contributed by atoms with Gasteiger partial charge in [0, 0.05) is 26.2 Å². The van der Waals surface area contributed by atoms with Gasteiger partial charge in [-0.1, -0.05) is 0 Å². The van der Waals surface area contributed by atoms with Gasteiger partial charge in [0.15, 0.2) is 0 Å². The molecular weight excluding hydrogens is 460 g/mol. The largest absolute Gasteiger partial charge is 0.442 e. The van der Waals surface area contributed by atoms with Crippen LogP contribution in [0.2, 0.25) is 0 Å². The minimum absolute atomic E-state index is 0.0830. The van der Waals surface area contributed by atoms with Crippen molar-refractivity contribution in [1.29, 1.82) is 0 Å². The van der Waals surface area contributed by atoms with Crippen LogP contribution in [-0.4, -0.2) is 103 Å². The van der Waals surface area contributed by atoms with Crippen LogP contribution < -0.4 is 10.6 Å². The Bertz CT molecular complexity index is 963. The first-order valence-electron chi connectivity index (χ1n) is 11.1. The number of carbonyl (C=O) groups is 4. The Balaban J connectivity index is 1.17. The summed E-state index contributed by atoms with van der Waals surface area (Å²) in [5, 5.41) is 6.94. The molecule has 0 aliphatic carbocycles. The van der Waals surface area contributed by atoms with Gasteiger partial charge in [-0.05, 0) is 37.5 Å². The van der Waals surface area contributed by atoms with E-state index in [0.717, 1.165) is 10.1 Å². The highest BCUT2D eigenvalue weighted by Gasteiger charge is 2.56. The van der Waals surface area contributed by atoms with Crippen molar-refractivity contribution in [3.05, 3.63) is 0 Å². The Hall–Kier alpha value is -2.65. The number of nitrogens with zero attached hydrogens (tertiary/aromatic N) is 4. The fraction of sp³-hybridized carbons (Fsp3) is 0.778. The second kappa shape index (κ2) is 7.17. The second-order valence-electron chi connectivity index (χ2n) is 9.43. The number of carbonyl (C=O) groups excluding carboxylic acids is 4. The summed E-state index contributed by atoms with van der Waals surface area (Å²) in [5.74, 6) is -0.678. The Kier molecular flexibility index (Phi) is 4.55. The summed E-state index contributed by atoms with van der Waals surface area (Å²) >= 11 is 0. The van der Waals surface area contributed by atoms with Gasteiger partial charge in [0.05, 0.1) is 12.1 Å². The zero-order chi connectivity index (χ0) is 23.1. The fourth-order valence-corrected chi connectivity index (χ4v) is 7.02. The first kappa shape index (κ1) is 20.9. The molecule has 14 nitrogen and oxygen atoms in total. The van der Waals surface area contributed by atoms with E-state index in [1.807, 2.05) is 0 Å². The number of hydroxylamine groups is 4. The molecule has 6 rings (SSSR count). The third-order valence-electron chi connectivity index (χ3n) is 7.57. The molecule has 0 aromatic heterocycles. The minimum atomic E-state index is -4.83. The van der Waals surface area contributed by atoms with E-state index in [2.05, 4.69) is 10.6 Å². The summed E-state index contributed by atoms with van der Waals surface area (Å²) in [4.78, 5) is 52.9. The number of nitrogens with one attached hydrogen (secondary N) is 2. The molecule has 6 atom stereocenters. The van der Waals surface area contributed by atoms with Crippen molar-refractivity contribution < 1.29 is 36.2 Å². The van der Waals surface area contributed by atoms with Crippen molar-refractivity contribution in [1.82, 2.24) is 30.6 Å². The highest BCUT2D eigenvalue weighted by Crippen LogP contribution is 2.39. The van der Waals surface area contributed by atoms with Crippen LogP contribution in [0.1, 0.15) is 25.7 Å². The molecule has 180 valence electrons. The van der Waals surface area contributed by atoms with E-state index in [1.54, 1.807) is 0 Å². The molecule has 0 unspecified atom stereocenters. The minimum Gasteiger partial charge on any atom is -0.354 e.